The highest BCUT2D eigenvalue weighted by molar-refractivity contribution is 14.1. The van der Waals surface area contributed by atoms with Crippen molar-refractivity contribution in [1.29, 1.82) is 0 Å². The number of hydrogen-bond donors (Lipinski definition) is 0. The fourth-order valence-corrected chi connectivity index (χ4v) is 1.62. The molecule has 1 aromatic rings. The van der Waals surface area contributed by atoms with Crippen LogP contribution in [0.4, 0.5) is 14.6 Å². The minimum absolute atomic E-state index is 0.206. The van der Waals surface area contributed by atoms with Crippen LogP contribution in [0.5, 0.6) is 0 Å². The minimum atomic E-state index is -2.82. The summed E-state index contributed by atoms with van der Waals surface area (Å²) in [6, 6.07) is 1.07. The van der Waals surface area contributed by atoms with E-state index in [1.807, 2.05) is 0 Å². The zero-order chi connectivity index (χ0) is 10.9. The van der Waals surface area contributed by atoms with Crippen LogP contribution in [0.3, 0.4) is 0 Å². The van der Waals surface area contributed by atoms with Crippen LogP contribution in [0, 0.1) is 13.7 Å². The van der Waals surface area contributed by atoms with Crippen molar-refractivity contribution in [2.75, 3.05) is 0 Å². The Labute approximate surface area is 99.1 Å². The maximum absolute atomic E-state index is 12.2. The molecule has 4 nitrogen and oxygen atoms in total. The van der Waals surface area contributed by atoms with Gasteiger partial charge in [0.05, 0.1) is 0 Å². The first-order valence-corrected chi connectivity index (χ1v) is 5.09. The average Bonchev–Trinajstić information content (AvgIpc) is 2.08. The molecule has 0 unspecified atom stereocenters. The average molecular weight is 379 g/mol. The topological polar surface area (TPSA) is 56.0 Å². The fourth-order valence-electron chi connectivity index (χ4n) is 0.736. The van der Waals surface area contributed by atoms with Crippen molar-refractivity contribution in [2.45, 2.75) is 6.43 Å². The lowest BCUT2D eigenvalue weighted by Gasteiger charge is -2.00. The number of hydrogen-bond acceptors (Lipinski definition) is 3. The Morgan fingerprint density at radius 2 is 2.21 bits per heavy atom. The van der Waals surface area contributed by atoms with Gasteiger partial charge in [0, 0.05) is 10.5 Å². The molecule has 1 heterocycles. The normalized spacial score (nSPS) is 10.6. The highest BCUT2D eigenvalue weighted by atomic mass is 127. The van der Waals surface area contributed by atoms with Crippen LogP contribution >= 0.6 is 38.5 Å². The number of aromatic nitrogens is 1. The van der Waals surface area contributed by atoms with E-state index in [0.717, 1.165) is 6.07 Å². The molecule has 0 bridgehead atoms. The Hall–Kier alpha value is -0.380. The molecule has 0 saturated carbocycles. The van der Waals surface area contributed by atoms with Gasteiger partial charge in [0.15, 0.2) is 0 Å². The number of rotatable bonds is 2. The van der Waals surface area contributed by atoms with Crippen molar-refractivity contribution in [2.24, 2.45) is 0 Å². The Bertz CT molecular complexity index is 388. The molecule has 0 amide bonds. The molecule has 8 heteroatoms. The molecule has 14 heavy (non-hydrogen) atoms. The summed E-state index contributed by atoms with van der Waals surface area (Å²) in [6.07, 6.45) is -2.82. The van der Waals surface area contributed by atoms with Crippen molar-refractivity contribution in [3.63, 3.8) is 0 Å². The fraction of sp³-hybridized carbons (Fsp3) is 0.167. The molecule has 0 radical (unpaired) electrons. The van der Waals surface area contributed by atoms with E-state index in [-0.39, 0.29) is 8.04 Å². The number of pyridine rings is 1. The second-order valence-corrected chi connectivity index (χ2v) is 4.16. The summed E-state index contributed by atoms with van der Waals surface area (Å²) in [5, 5.41) is 10.4. The Balaban J connectivity index is 3.35. The van der Waals surface area contributed by atoms with Gasteiger partial charge in [-0.2, -0.15) is 0 Å². The SMILES string of the molecule is O=[N+]([O-])c1nc(C(F)F)cc(Br)c1I. The Kier molecular flexibility index (Phi) is 3.70. The summed E-state index contributed by atoms with van der Waals surface area (Å²) in [5.41, 5.74) is -0.607. The molecule has 0 N–H and O–H groups in total. The van der Waals surface area contributed by atoms with Gasteiger partial charge in [0.25, 0.3) is 0 Å². The van der Waals surface area contributed by atoms with Crippen molar-refractivity contribution in [3.8, 4) is 0 Å². The number of nitro groups is 1. The largest absolute Gasteiger partial charge is 0.378 e. The standard InChI is InChI=1S/C6H2BrF2IN2O2/c7-2-1-3(5(8)9)11-6(4(2)10)12(13)14/h1,5H. The first kappa shape index (κ1) is 11.7. The molecule has 0 aliphatic carbocycles. The van der Waals surface area contributed by atoms with Gasteiger partial charge in [-0.05, 0) is 48.4 Å². The zero-order valence-electron chi connectivity index (χ0n) is 6.38. The maximum atomic E-state index is 12.2. The van der Waals surface area contributed by atoms with Gasteiger partial charge in [-0.1, -0.05) is 0 Å². The quantitative estimate of drug-likeness (QED) is 0.450. The number of alkyl halides is 2. The van der Waals surface area contributed by atoms with Crippen LogP contribution in [0.15, 0.2) is 10.5 Å². The van der Waals surface area contributed by atoms with Crippen LogP contribution in [0.1, 0.15) is 12.1 Å². The predicted octanol–water partition coefficient (Wildman–Crippen LogP) is 3.29. The van der Waals surface area contributed by atoms with E-state index in [1.54, 1.807) is 22.6 Å². The predicted molar refractivity (Wildman–Crippen MR) is 56.3 cm³/mol. The molecule has 1 aromatic heterocycles. The third kappa shape index (κ3) is 2.35. The van der Waals surface area contributed by atoms with Crippen LogP contribution in [0.2, 0.25) is 0 Å². The molecule has 0 aliphatic rings. The molecule has 0 fully saturated rings. The Morgan fingerprint density at radius 3 is 2.64 bits per heavy atom. The molecule has 0 aliphatic heterocycles. The Morgan fingerprint density at radius 1 is 1.64 bits per heavy atom. The van der Waals surface area contributed by atoms with E-state index in [1.165, 1.54) is 0 Å². The van der Waals surface area contributed by atoms with Gasteiger partial charge in [-0.25, -0.2) is 8.78 Å². The summed E-state index contributed by atoms with van der Waals surface area (Å²) >= 11 is 4.61. The van der Waals surface area contributed by atoms with E-state index in [0.29, 0.717) is 0 Å². The lowest BCUT2D eigenvalue weighted by atomic mass is 10.3. The molecule has 76 valence electrons. The smallest absolute Gasteiger partial charge is 0.358 e. The monoisotopic (exact) mass is 378 g/mol. The summed E-state index contributed by atoms with van der Waals surface area (Å²) in [5.74, 6) is -0.560. The summed E-state index contributed by atoms with van der Waals surface area (Å²) < 4.78 is 24.9. The second kappa shape index (κ2) is 4.43. The lowest BCUT2D eigenvalue weighted by molar-refractivity contribution is -0.390. The van der Waals surface area contributed by atoms with Crippen LogP contribution < -0.4 is 0 Å². The number of nitrogens with zero attached hydrogens (tertiary/aromatic N) is 2. The first-order valence-electron chi connectivity index (χ1n) is 3.22. The van der Waals surface area contributed by atoms with Crippen molar-refractivity contribution in [3.05, 3.63) is 29.9 Å². The zero-order valence-corrected chi connectivity index (χ0v) is 10.1. The van der Waals surface area contributed by atoms with Gasteiger partial charge in [0.2, 0.25) is 5.69 Å². The van der Waals surface area contributed by atoms with Gasteiger partial charge < -0.3 is 10.1 Å². The molecule has 0 atom stereocenters. The van der Waals surface area contributed by atoms with Crippen LogP contribution in [-0.4, -0.2) is 9.91 Å². The first-order chi connectivity index (χ1) is 6.43. The van der Waals surface area contributed by atoms with Gasteiger partial charge in [-0.3, -0.25) is 0 Å². The minimum Gasteiger partial charge on any atom is -0.358 e. The lowest BCUT2D eigenvalue weighted by Crippen LogP contribution is -2.00. The van der Waals surface area contributed by atoms with Crippen LogP contribution in [-0.2, 0) is 0 Å². The third-order valence-corrected chi connectivity index (χ3v) is 3.74. The van der Waals surface area contributed by atoms with Crippen LogP contribution in [0.25, 0.3) is 0 Å². The molecule has 0 spiro atoms. The van der Waals surface area contributed by atoms with E-state index in [2.05, 4.69) is 20.9 Å². The van der Waals surface area contributed by atoms with Gasteiger partial charge in [-0.15, -0.1) is 0 Å². The highest BCUT2D eigenvalue weighted by Gasteiger charge is 2.24. The van der Waals surface area contributed by atoms with Gasteiger partial charge in [0.1, 0.15) is 3.57 Å². The summed E-state index contributed by atoms with van der Waals surface area (Å²) in [6.45, 7) is 0. The molecular formula is C6H2BrF2IN2O2. The van der Waals surface area contributed by atoms with Crippen molar-refractivity contribution >= 4 is 44.3 Å². The molecule has 0 aromatic carbocycles. The maximum Gasteiger partial charge on any atom is 0.378 e. The highest BCUT2D eigenvalue weighted by Crippen LogP contribution is 2.30. The van der Waals surface area contributed by atoms with Crippen molar-refractivity contribution in [1.82, 2.24) is 4.98 Å². The van der Waals surface area contributed by atoms with Gasteiger partial charge >= 0.3 is 12.2 Å². The summed E-state index contributed by atoms with van der Waals surface area (Å²) in [7, 11) is 0. The molecule has 0 saturated heterocycles. The van der Waals surface area contributed by atoms with E-state index >= 15 is 0 Å². The molecule has 1 rings (SSSR count). The van der Waals surface area contributed by atoms with E-state index in [4.69, 9.17) is 0 Å². The third-order valence-electron chi connectivity index (χ3n) is 1.31. The summed E-state index contributed by atoms with van der Waals surface area (Å²) in [4.78, 5) is 12.9. The van der Waals surface area contributed by atoms with Crippen molar-refractivity contribution < 1.29 is 13.7 Å². The van der Waals surface area contributed by atoms with E-state index < -0.39 is 22.9 Å². The number of halogens is 4. The van der Waals surface area contributed by atoms with E-state index in [9.17, 15) is 18.9 Å². The molecular weight excluding hydrogens is 377 g/mol. The second-order valence-electron chi connectivity index (χ2n) is 2.22.